The summed E-state index contributed by atoms with van der Waals surface area (Å²) in [5.41, 5.74) is 2.37. The third kappa shape index (κ3) is 4.00. The number of aromatic nitrogens is 4. The summed E-state index contributed by atoms with van der Waals surface area (Å²) < 4.78 is 12.7. The Balaban J connectivity index is 1.29. The zero-order valence-corrected chi connectivity index (χ0v) is 20.4. The van der Waals surface area contributed by atoms with E-state index in [0.29, 0.717) is 36.7 Å². The van der Waals surface area contributed by atoms with Crippen molar-refractivity contribution in [3.05, 3.63) is 66.1 Å². The zero-order chi connectivity index (χ0) is 24.6. The number of carbonyl (C=O) groups excluding carboxylic acids is 1. The van der Waals surface area contributed by atoms with Gasteiger partial charge in [0, 0.05) is 37.7 Å². The van der Waals surface area contributed by atoms with Crippen LogP contribution in [0, 0.1) is 0 Å². The quantitative estimate of drug-likeness (QED) is 0.432. The number of amides is 1. The molecule has 0 saturated carbocycles. The van der Waals surface area contributed by atoms with Crippen molar-refractivity contribution < 1.29 is 14.3 Å². The molecule has 6 rings (SSSR count). The van der Waals surface area contributed by atoms with Gasteiger partial charge in [0.25, 0.3) is 5.91 Å². The molecule has 2 aromatic carbocycles. The van der Waals surface area contributed by atoms with E-state index in [0.717, 1.165) is 41.3 Å². The highest BCUT2D eigenvalue weighted by molar-refractivity contribution is 5.95. The number of benzene rings is 2. The molecule has 2 aliphatic heterocycles. The van der Waals surface area contributed by atoms with E-state index < -0.39 is 0 Å². The average molecular weight is 485 g/mol. The van der Waals surface area contributed by atoms with E-state index in [1.165, 1.54) is 0 Å². The van der Waals surface area contributed by atoms with Crippen molar-refractivity contribution in [2.24, 2.45) is 0 Å². The molecule has 9 nitrogen and oxygen atoms in total. The molecule has 4 heterocycles. The first kappa shape index (κ1) is 22.3. The third-order valence-electron chi connectivity index (χ3n) is 6.64. The molecule has 9 heteroatoms. The van der Waals surface area contributed by atoms with Gasteiger partial charge in [0.05, 0.1) is 17.3 Å². The van der Waals surface area contributed by atoms with Gasteiger partial charge in [-0.3, -0.25) is 4.79 Å². The number of hydrogen-bond donors (Lipinski definition) is 0. The molecule has 1 amide bonds. The maximum atomic E-state index is 13.3. The molecule has 0 bridgehead atoms. The molecule has 1 fully saturated rings. The Labute approximate surface area is 209 Å². The highest BCUT2D eigenvalue weighted by Gasteiger charge is 2.25. The van der Waals surface area contributed by atoms with Crippen molar-refractivity contribution in [2.45, 2.75) is 26.2 Å². The van der Waals surface area contributed by atoms with E-state index in [9.17, 15) is 4.79 Å². The fourth-order valence-electron chi connectivity index (χ4n) is 4.71. The number of ether oxygens (including phenoxy) is 2. The summed E-state index contributed by atoms with van der Waals surface area (Å²) in [6.45, 7) is 7.14. The fourth-order valence-corrected chi connectivity index (χ4v) is 4.71. The number of nitrogens with zero attached hydrogens (tertiary/aromatic N) is 6. The van der Waals surface area contributed by atoms with Crippen molar-refractivity contribution in [2.75, 3.05) is 37.9 Å². The van der Waals surface area contributed by atoms with Gasteiger partial charge < -0.3 is 19.3 Å². The predicted octanol–water partition coefficient (Wildman–Crippen LogP) is 4.02. The lowest BCUT2D eigenvalue weighted by Gasteiger charge is -2.24. The molecular weight excluding hydrogens is 456 g/mol. The van der Waals surface area contributed by atoms with Crippen LogP contribution in [0.3, 0.4) is 0 Å². The van der Waals surface area contributed by atoms with E-state index in [1.54, 1.807) is 18.2 Å². The van der Waals surface area contributed by atoms with Crippen molar-refractivity contribution in [1.29, 1.82) is 0 Å². The smallest absolute Gasteiger partial charge is 0.254 e. The van der Waals surface area contributed by atoms with Crippen LogP contribution in [0.15, 0.2) is 54.7 Å². The number of hydrogen-bond acceptors (Lipinski definition) is 7. The Morgan fingerprint density at radius 3 is 2.61 bits per heavy atom. The van der Waals surface area contributed by atoms with E-state index in [4.69, 9.17) is 19.4 Å². The Morgan fingerprint density at radius 2 is 1.78 bits per heavy atom. The molecule has 2 aliphatic rings. The number of fused-ring (bicyclic) bond motifs is 2. The normalized spacial score (nSPS) is 15.5. The van der Waals surface area contributed by atoms with Crippen LogP contribution in [0.5, 0.6) is 11.5 Å². The van der Waals surface area contributed by atoms with Crippen molar-refractivity contribution in [1.82, 2.24) is 24.6 Å². The second kappa shape index (κ2) is 9.14. The van der Waals surface area contributed by atoms with Gasteiger partial charge in [-0.1, -0.05) is 32.0 Å². The minimum atomic E-state index is 0.00255. The van der Waals surface area contributed by atoms with Crippen LogP contribution in [0.1, 0.15) is 42.4 Å². The predicted molar refractivity (Wildman–Crippen MR) is 136 cm³/mol. The molecule has 0 atom stereocenters. The van der Waals surface area contributed by atoms with Crippen LogP contribution in [0.2, 0.25) is 0 Å². The Kier molecular flexibility index (Phi) is 5.67. The van der Waals surface area contributed by atoms with Gasteiger partial charge in [0.1, 0.15) is 11.6 Å². The van der Waals surface area contributed by atoms with E-state index in [2.05, 4.69) is 23.8 Å². The van der Waals surface area contributed by atoms with Crippen molar-refractivity contribution >= 4 is 22.8 Å². The average Bonchev–Trinajstić information content (AvgIpc) is 3.48. The Hall–Kier alpha value is -4.14. The molecule has 0 spiro atoms. The van der Waals surface area contributed by atoms with Gasteiger partial charge in [-0.25, -0.2) is 14.6 Å². The first-order valence-electron chi connectivity index (χ1n) is 12.3. The molecule has 4 aromatic rings. The van der Waals surface area contributed by atoms with Crippen LogP contribution in [-0.2, 0) is 0 Å². The summed E-state index contributed by atoms with van der Waals surface area (Å²) in [7, 11) is 0. The third-order valence-corrected chi connectivity index (χ3v) is 6.64. The molecule has 36 heavy (non-hydrogen) atoms. The molecule has 2 aromatic heterocycles. The highest BCUT2D eigenvalue weighted by atomic mass is 16.7. The summed E-state index contributed by atoms with van der Waals surface area (Å²) in [4.78, 5) is 27.3. The summed E-state index contributed by atoms with van der Waals surface area (Å²) in [6, 6.07) is 15.4. The monoisotopic (exact) mass is 484 g/mol. The highest BCUT2D eigenvalue weighted by Crippen LogP contribution is 2.33. The summed E-state index contributed by atoms with van der Waals surface area (Å²) in [5, 5.41) is 5.57. The standard InChI is InChI=1S/C27H28N6O3/c1-18(2)24-29-25(21-16-28-33(26(21)30-24)20-7-4-3-5-8-20)31-11-6-12-32(14-13-31)27(34)19-9-10-22-23(15-19)36-17-35-22/h3-5,7-10,15-16,18H,6,11-14,17H2,1-2H3. The maximum Gasteiger partial charge on any atom is 0.254 e. The lowest BCUT2D eigenvalue weighted by atomic mass is 10.1. The number of carbonyl (C=O) groups is 1. The molecule has 0 N–H and O–H groups in total. The van der Waals surface area contributed by atoms with E-state index in [1.807, 2.05) is 46.1 Å². The van der Waals surface area contributed by atoms with Gasteiger partial charge in [-0.05, 0) is 36.8 Å². The lowest BCUT2D eigenvalue weighted by Crippen LogP contribution is -2.35. The molecule has 1 saturated heterocycles. The summed E-state index contributed by atoms with van der Waals surface area (Å²) >= 11 is 0. The zero-order valence-electron chi connectivity index (χ0n) is 20.4. The first-order chi connectivity index (χ1) is 17.6. The molecular formula is C27H28N6O3. The molecule has 0 unspecified atom stereocenters. The second-order valence-electron chi connectivity index (χ2n) is 9.39. The maximum absolute atomic E-state index is 13.3. The van der Waals surface area contributed by atoms with E-state index >= 15 is 0 Å². The van der Waals surface area contributed by atoms with E-state index in [-0.39, 0.29) is 18.6 Å². The van der Waals surface area contributed by atoms with Crippen molar-refractivity contribution in [3.8, 4) is 17.2 Å². The second-order valence-corrected chi connectivity index (χ2v) is 9.39. The SMILES string of the molecule is CC(C)c1nc(N2CCCN(C(=O)c3ccc4c(c3)OCO4)CC2)c2cnn(-c3ccccc3)c2n1. The number of para-hydroxylation sites is 1. The van der Waals surface area contributed by atoms with Gasteiger partial charge in [0.2, 0.25) is 6.79 Å². The Morgan fingerprint density at radius 1 is 0.944 bits per heavy atom. The van der Waals surface area contributed by atoms with Crippen LogP contribution in [0.4, 0.5) is 5.82 Å². The van der Waals surface area contributed by atoms with Gasteiger partial charge in [-0.2, -0.15) is 5.10 Å². The number of rotatable bonds is 4. The number of anilines is 1. The van der Waals surface area contributed by atoms with Gasteiger partial charge in [-0.15, -0.1) is 0 Å². The fraction of sp³-hybridized carbons (Fsp3) is 0.333. The van der Waals surface area contributed by atoms with Crippen LogP contribution >= 0.6 is 0 Å². The minimum Gasteiger partial charge on any atom is -0.454 e. The lowest BCUT2D eigenvalue weighted by molar-refractivity contribution is 0.0766. The van der Waals surface area contributed by atoms with Crippen LogP contribution in [0.25, 0.3) is 16.7 Å². The largest absolute Gasteiger partial charge is 0.454 e. The van der Waals surface area contributed by atoms with Crippen LogP contribution in [-0.4, -0.2) is 63.5 Å². The van der Waals surface area contributed by atoms with Gasteiger partial charge >= 0.3 is 0 Å². The summed E-state index contributed by atoms with van der Waals surface area (Å²) in [5.74, 6) is 3.14. The topological polar surface area (TPSA) is 85.6 Å². The molecule has 0 radical (unpaired) electrons. The molecule has 0 aliphatic carbocycles. The minimum absolute atomic E-state index is 0.00255. The van der Waals surface area contributed by atoms with Crippen molar-refractivity contribution in [3.63, 3.8) is 0 Å². The van der Waals surface area contributed by atoms with Gasteiger partial charge in [0.15, 0.2) is 17.1 Å². The Bertz CT molecular complexity index is 1420. The first-order valence-corrected chi connectivity index (χ1v) is 12.3. The molecule has 184 valence electrons. The summed E-state index contributed by atoms with van der Waals surface area (Å²) in [6.07, 6.45) is 2.69. The van der Waals surface area contributed by atoms with Crippen LogP contribution < -0.4 is 14.4 Å².